The van der Waals surface area contributed by atoms with Gasteiger partial charge in [0.05, 0.1) is 41.9 Å². The lowest BCUT2D eigenvalue weighted by Gasteiger charge is -2.44. The molecule has 39 heavy (non-hydrogen) atoms. The number of rotatable bonds is 6. The van der Waals surface area contributed by atoms with Crippen LogP contribution in [0.5, 0.6) is 0 Å². The minimum Gasteiger partial charge on any atom is -0.369 e. The van der Waals surface area contributed by atoms with Crippen molar-refractivity contribution in [1.29, 1.82) is 0 Å². The lowest BCUT2D eigenvalue weighted by atomic mass is 10.00. The van der Waals surface area contributed by atoms with Crippen LogP contribution in [0.2, 0.25) is 0 Å². The minimum atomic E-state index is -4.52. The number of carbonyl (C=O) groups excluding carboxylic acids is 1. The van der Waals surface area contributed by atoms with Crippen molar-refractivity contribution < 1.29 is 22.4 Å². The fourth-order valence-electron chi connectivity index (χ4n) is 5.95. The van der Waals surface area contributed by atoms with E-state index in [4.69, 9.17) is 0 Å². The summed E-state index contributed by atoms with van der Waals surface area (Å²) in [5.74, 6) is 0.289. The summed E-state index contributed by atoms with van der Waals surface area (Å²) in [6, 6.07) is 10.0. The number of piperidine rings is 1. The average molecular weight is 542 g/mol. The first kappa shape index (κ1) is 25.7. The molecular weight excluding hydrogens is 510 g/mol. The standard InChI is InChI=1S/C29H31F4N5O/c1-19-5-4-8-24(30)27(19)35-13-11-22(12-14-35)36-18-26-25(15-34-38(26)16-20-9-10-20)37(28(36)39)17-21-6-2-3-7-23(21)29(31,32)33/h2-8,15,20,22H,9-14,16-18H2,1H3. The summed E-state index contributed by atoms with van der Waals surface area (Å²) in [5, 5.41) is 4.55. The molecule has 0 N–H and O–H groups in total. The van der Waals surface area contributed by atoms with Crippen LogP contribution in [-0.4, -0.2) is 39.8 Å². The van der Waals surface area contributed by atoms with Gasteiger partial charge in [0.1, 0.15) is 5.82 Å². The van der Waals surface area contributed by atoms with Crippen LogP contribution in [0, 0.1) is 18.7 Å². The molecule has 0 radical (unpaired) electrons. The lowest BCUT2D eigenvalue weighted by Crippen LogP contribution is -2.54. The molecule has 2 fully saturated rings. The zero-order valence-corrected chi connectivity index (χ0v) is 21.8. The summed E-state index contributed by atoms with van der Waals surface area (Å²) in [7, 11) is 0. The predicted octanol–water partition coefficient (Wildman–Crippen LogP) is 6.37. The summed E-state index contributed by atoms with van der Waals surface area (Å²) < 4.78 is 57.9. The van der Waals surface area contributed by atoms with Crippen LogP contribution >= 0.6 is 0 Å². The van der Waals surface area contributed by atoms with Crippen molar-refractivity contribution in [1.82, 2.24) is 14.7 Å². The Bertz CT molecular complexity index is 1350. The molecular formula is C29H31F4N5O. The molecule has 3 heterocycles. The number of carbonyl (C=O) groups is 1. The van der Waals surface area contributed by atoms with E-state index in [2.05, 4.69) is 5.10 Å². The summed E-state index contributed by atoms with van der Waals surface area (Å²) in [6.07, 6.45) is 0.636. The van der Waals surface area contributed by atoms with E-state index < -0.39 is 11.7 Å². The van der Waals surface area contributed by atoms with E-state index in [1.807, 2.05) is 22.6 Å². The van der Waals surface area contributed by atoms with Gasteiger partial charge in [-0.25, -0.2) is 9.18 Å². The fraction of sp³-hybridized carbons (Fsp3) is 0.448. The molecule has 10 heteroatoms. The number of anilines is 2. The van der Waals surface area contributed by atoms with Gasteiger partial charge < -0.3 is 9.80 Å². The van der Waals surface area contributed by atoms with Crippen molar-refractivity contribution >= 4 is 17.4 Å². The van der Waals surface area contributed by atoms with Crippen molar-refractivity contribution in [3.05, 3.63) is 76.9 Å². The van der Waals surface area contributed by atoms with E-state index in [1.165, 1.54) is 23.1 Å². The summed E-state index contributed by atoms with van der Waals surface area (Å²) in [5.41, 5.74) is 2.20. The van der Waals surface area contributed by atoms with Crippen molar-refractivity contribution in [3.8, 4) is 0 Å². The second kappa shape index (κ2) is 9.88. The van der Waals surface area contributed by atoms with Gasteiger partial charge in [0, 0.05) is 25.7 Å². The van der Waals surface area contributed by atoms with Crippen LogP contribution in [0.25, 0.3) is 0 Å². The molecule has 3 aromatic rings. The molecule has 3 aliphatic rings. The number of halogens is 4. The number of hydrogen-bond acceptors (Lipinski definition) is 3. The maximum atomic E-state index is 14.6. The first-order valence-corrected chi connectivity index (χ1v) is 13.5. The van der Waals surface area contributed by atoms with Crippen LogP contribution < -0.4 is 9.80 Å². The quantitative estimate of drug-likeness (QED) is 0.341. The molecule has 0 bridgehead atoms. The van der Waals surface area contributed by atoms with Gasteiger partial charge in [0.25, 0.3) is 0 Å². The molecule has 206 valence electrons. The van der Waals surface area contributed by atoms with Crippen molar-refractivity contribution in [2.75, 3.05) is 22.9 Å². The summed E-state index contributed by atoms with van der Waals surface area (Å²) >= 11 is 0. The molecule has 0 spiro atoms. The van der Waals surface area contributed by atoms with Gasteiger partial charge in [-0.15, -0.1) is 0 Å². The topological polar surface area (TPSA) is 44.6 Å². The van der Waals surface area contributed by atoms with Crippen molar-refractivity contribution in [2.24, 2.45) is 5.92 Å². The lowest BCUT2D eigenvalue weighted by molar-refractivity contribution is -0.138. The largest absolute Gasteiger partial charge is 0.416 e. The fourth-order valence-corrected chi connectivity index (χ4v) is 5.95. The highest BCUT2D eigenvalue weighted by Crippen LogP contribution is 2.39. The number of amides is 2. The number of nitrogens with zero attached hydrogens (tertiary/aromatic N) is 5. The first-order chi connectivity index (χ1) is 18.7. The molecule has 2 aromatic carbocycles. The smallest absolute Gasteiger partial charge is 0.369 e. The Labute approximate surface area is 224 Å². The molecule has 0 atom stereocenters. The van der Waals surface area contributed by atoms with Crippen LogP contribution in [-0.2, 0) is 25.8 Å². The Balaban J connectivity index is 1.28. The number of alkyl halides is 3. The summed E-state index contributed by atoms with van der Waals surface area (Å²) in [6.45, 7) is 3.97. The minimum absolute atomic E-state index is 0.0472. The number of fused-ring (bicyclic) bond motifs is 1. The molecule has 1 saturated carbocycles. The Morgan fingerprint density at radius 1 is 1.00 bits per heavy atom. The van der Waals surface area contributed by atoms with E-state index in [0.29, 0.717) is 49.8 Å². The third-order valence-corrected chi connectivity index (χ3v) is 8.20. The average Bonchev–Trinajstić information content (AvgIpc) is 3.64. The second-order valence-corrected chi connectivity index (χ2v) is 10.9. The zero-order valence-electron chi connectivity index (χ0n) is 21.8. The van der Waals surface area contributed by atoms with E-state index in [-0.39, 0.29) is 30.0 Å². The van der Waals surface area contributed by atoms with Crippen LogP contribution in [0.3, 0.4) is 0 Å². The normalized spacial score (nSPS) is 18.6. The van der Waals surface area contributed by atoms with Crippen LogP contribution in [0.1, 0.15) is 48.1 Å². The highest BCUT2D eigenvalue weighted by molar-refractivity contribution is 5.94. The SMILES string of the molecule is Cc1cccc(F)c1N1CCC(N2Cc3c(cnn3CC3CC3)N(Cc3ccccc3C(F)(F)F)C2=O)CC1. The molecule has 6 nitrogen and oxygen atoms in total. The van der Waals surface area contributed by atoms with E-state index in [0.717, 1.165) is 36.7 Å². The zero-order chi connectivity index (χ0) is 27.3. The van der Waals surface area contributed by atoms with Gasteiger partial charge >= 0.3 is 12.2 Å². The Kier molecular flexibility index (Phi) is 6.51. The Morgan fingerprint density at radius 2 is 1.74 bits per heavy atom. The highest BCUT2D eigenvalue weighted by atomic mass is 19.4. The Morgan fingerprint density at radius 3 is 2.44 bits per heavy atom. The third kappa shape index (κ3) is 4.96. The number of aromatic nitrogens is 2. The van der Waals surface area contributed by atoms with E-state index in [1.54, 1.807) is 23.2 Å². The Hall–Kier alpha value is -3.56. The molecule has 0 unspecified atom stereocenters. The van der Waals surface area contributed by atoms with Crippen LogP contribution in [0.4, 0.5) is 33.7 Å². The maximum Gasteiger partial charge on any atom is 0.416 e. The first-order valence-electron chi connectivity index (χ1n) is 13.5. The van der Waals surface area contributed by atoms with Gasteiger partial charge in [-0.1, -0.05) is 30.3 Å². The number of hydrogen-bond donors (Lipinski definition) is 0. The number of para-hydroxylation sites is 1. The van der Waals surface area contributed by atoms with Gasteiger partial charge in [-0.3, -0.25) is 9.58 Å². The number of aryl methyl sites for hydroxylation is 1. The van der Waals surface area contributed by atoms with Gasteiger partial charge in [0.15, 0.2) is 0 Å². The van der Waals surface area contributed by atoms with Gasteiger partial charge in [-0.05, 0) is 61.8 Å². The predicted molar refractivity (Wildman–Crippen MR) is 140 cm³/mol. The molecule has 1 aromatic heterocycles. The molecule has 2 aliphatic heterocycles. The van der Waals surface area contributed by atoms with Crippen molar-refractivity contribution in [2.45, 2.75) is 64.5 Å². The van der Waals surface area contributed by atoms with Crippen LogP contribution in [0.15, 0.2) is 48.7 Å². The number of benzene rings is 2. The third-order valence-electron chi connectivity index (χ3n) is 8.20. The maximum absolute atomic E-state index is 14.6. The number of urea groups is 1. The molecule has 2 amide bonds. The van der Waals surface area contributed by atoms with E-state index in [9.17, 15) is 22.4 Å². The highest BCUT2D eigenvalue weighted by Gasteiger charge is 2.40. The summed E-state index contributed by atoms with van der Waals surface area (Å²) in [4.78, 5) is 19.2. The molecule has 1 saturated heterocycles. The van der Waals surface area contributed by atoms with Crippen molar-refractivity contribution in [3.63, 3.8) is 0 Å². The molecule has 6 rings (SSSR count). The molecule has 1 aliphatic carbocycles. The van der Waals surface area contributed by atoms with Gasteiger partial charge in [-0.2, -0.15) is 18.3 Å². The van der Waals surface area contributed by atoms with E-state index >= 15 is 0 Å². The monoisotopic (exact) mass is 541 g/mol. The second-order valence-electron chi connectivity index (χ2n) is 10.9. The van der Waals surface area contributed by atoms with Gasteiger partial charge in [0.2, 0.25) is 0 Å².